The highest BCUT2D eigenvalue weighted by Crippen LogP contribution is 2.38. The molecule has 1 atom stereocenters. The van der Waals surface area contributed by atoms with E-state index in [9.17, 15) is 22.8 Å². The second-order valence-electron chi connectivity index (χ2n) is 6.76. The van der Waals surface area contributed by atoms with Gasteiger partial charge in [-0.1, -0.05) is 35.1 Å². The van der Waals surface area contributed by atoms with E-state index in [0.29, 0.717) is 14.5 Å². The van der Waals surface area contributed by atoms with Gasteiger partial charge in [-0.15, -0.1) is 0 Å². The Morgan fingerprint density at radius 2 is 2.00 bits per heavy atom. The molecule has 0 unspecified atom stereocenters. The Kier molecular flexibility index (Phi) is 6.56. The van der Waals surface area contributed by atoms with Gasteiger partial charge >= 0.3 is 12.1 Å². The molecule has 0 fully saturated rings. The topological polar surface area (TPSA) is 73.8 Å². The minimum absolute atomic E-state index is 0.102. The van der Waals surface area contributed by atoms with Crippen molar-refractivity contribution in [2.75, 3.05) is 6.61 Å². The first-order valence-corrected chi connectivity index (χ1v) is 11.7. The maximum atomic E-state index is 14.0. The lowest BCUT2D eigenvalue weighted by Crippen LogP contribution is -2.41. The zero-order valence-electron chi connectivity index (χ0n) is 16.7. The summed E-state index contributed by atoms with van der Waals surface area (Å²) in [6, 6.07) is 7.74. The first-order valence-electron chi connectivity index (χ1n) is 9.41. The number of carbonyl (C=O) groups is 1. The third-order valence-corrected chi connectivity index (χ3v) is 6.46. The van der Waals surface area contributed by atoms with Crippen LogP contribution in [-0.4, -0.2) is 23.3 Å². The molecule has 0 N–H and O–H groups in total. The molecular weight excluding hydrogens is 596 g/mol. The number of halogens is 5. The average Bonchev–Trinajstić information content (AvgIpc) is 3.30. The van der Waals surface area contributed by atoms with Crippen molar-refractivity contribution in [3.8, 4) is 0 Å². The van der Waals surface area contributed by atoms with Crippen LogP contribution in [0.15, 0.2) is 61.9 Å². The first kappa shape index (κ1) is 23.8. The fraction of sp³-hybridized carbons (Fsp3) is 0.190. The van der Waals surface area contributed by atoms with Crippen LogP contribution >= 0.6 is 45.5 Å². The molecule has 2 aromatic heterocycles. The Bertz CT molecular complexity index is 1440. The number of alkyl halides is 3. The van der Waals surface area contributed by atoms with E-state index < -0.39 is 35.0 Å². The maximum Gasteiger partial charge on any atom is 0.434 e. The minimum atomic E-state index is -4.96. The van der Waals surface area contributed by atoms with Gasteiger partial charge in [-0.05, 0) is 59.3 Å². The van der Waals surface area contributed by atoms with Gasteiger partial charge in [0.2, 0.25) is 0 Å². The highest BCUT2D eigenvalue weighted by atomic mass is 127. The summed E-state index contributed by atoms with van der Waals surface area (Å²) in [7, 11) is 0. The lowest BCUT2D eigenvalue weighted by atomic mass is 9.95. The smallest absolute Gasteiger partial charge is 0.434 e. The molecule has 33 heavy (non-hydrogen) atoms. The fourth-order valence-corrected chi connectivity index (χ4v) is 4.88. The molecule has 1 aromatic carbocycles. The molecule has 0 spiro atoms. The van der Waals surface area contributed by atoms with Gasteiger partial charge in [0.1, 0.15) is 5.76 Å². The Balaban J connectivity index is 2.05. The van der Waals surface area contributed by atoms with E-state index in [2.05, 4.69) is 4.99 Å². The SMILES string of the molecule is CCOC(=O)C1=C(C(F)(F)F)N=c2s/c(=C\c3ccc(I)o3)c(=O)n2[C@@H]1c1ccc(Cl)cc1. The minimum Gasteiger partial charge on any atom is -0.463 e. The molecule has 0 saturated carbocycles. The number of aromatic nitrogens is 1. The van der Waals surface area contributed by atoms with Gasteiger partial charge in [0.25, 0.3) is 5.56 Å². The van der Waals surface area contributed by atoms with Crippen molar-refractivity contribution in [1.82, 2.24) is 4.57 Å². The largest absolute Gasteiger partial charge is 0.463 e. The number of fused-ring (bicyclic) bond motifs is 1. The van der Waals surface area contributed by atoms with Crippen LogP contribution in [0.1, 0.15) is 24.3 Å². The molecule has 6 nitrogen and oxygen atoms in total. The Morgan fingerprint density at radius 1 is 1.30 bits per heavy atom. The third-order valence-electron chi connectivity index (χ3n) is 4.65. The van der Waals surface area contributed by atoms with Crippen molar-refractivity contribution in [3.63, 3.8) is 0 Å². The summed E-state index contributed by atoms with van der Waals surface area (Å²) >= 11 is 8.66. The van der Waals surface area contributed by atoms with Crippen molar-refractivity contribution in [2.24, 2.45) is 4.99 Å². The van der Waals surface area contributed by atoms with Crippen LogP contribution in [0.3, 0.4) is 0 Å². The first-order chi connectivity index (χ1) is 15.6. The van der Waals surface area contributed by atoms with Crippen LogP contribution in [0.5, 0.6) is 0 Å². The average molecular weight is 609 g/mol. The summed E-state index contributed by atoms with van der Waals surface area (Å²) in [6.07, 6.45) is -3.54. The van der Waals surface area contributed by atoms with Crippen molar-refractivity contribution < 1.29 is 27.1 Å². The third kappa shape index (κ3) is 4.66. The summed E-state index contributed by atoms with van der Waals surface area (Å²) in [5.41, 5.74) is -2.54. The lowest BCUT2D eigenvalue weighted by molar-refractivity contribution is -0.140. The van der Waals surface area contributed by atoms with Gasteiger partial charge < -0.3 is 9.15 Å². The number of thiazole rings is 1. The monoisotopic (exact) mass is 608 g/mol. The Morgan fingerprint density at radius 3 is 2.58 bits per heavy atom. The fourth-order valence-electron chi connectivity index (χ4n) is 3.34. The van der Waals surface area contributed by atoms with Gasteiger partial charge in [0.05, 0.1) is 22.8 Å². The van der Waals surface area contributed by atoms with Crippen LogP contribution in [0.4, 0.5) is 13.2 Å². The molecule has 12 heteroatoms. The molecule has 3 heterocycles. The molecule has 1 aliphatic heterocycles. The zero-order chi connectivity index (χ0) is 23.9. The van der Waals surface area contributed by atoms with Crippen molar-refractivity contribution in [1.29, 1.82) is 0 Å². The number of furan rings is 1. The molecule has 0 aliphatic carbocycles. The highest BCUT2D eigenvalue weighted by molar-refractivity contribution is 14.1. The number of rotatable bonds is 4. The van der Waals surface area contributed by atoms with Crippen molar-refractivity contribution in [3.05, 3.63) is 87.5 Å². The van der Waals surface area contributed by atoms with Gasteiger partial charge in [-0.3, -0.25) is 9.36 Å². The number of allylic oxidation sites excluding steroid dienone is 1. The molecule has 0 radical (unpaired) electrons. The summed E-state index contributed by atoms with van der Waals surface area (Å²) in [5, 5.41) is 0.344. The standard InChI is InChI=1S/C21H13ClF3IN2O4S/c1-2-31-19(30)15-16(10-3-5-11(22)6-4-10)28-18(29)13(9-12-7-8-14(26)32-12)33-20(28)27-17(15)21(23,24)25/h3-9,16H,2H2,1H3/b13-9-/t16-/m1/s1. The number of nitrogens with zero attached hydrogens (tertiary/aromatic N) is 2. The summed E-state index contributed by atoms with van der Waals surface area (Å²) in [5.74, 6) is -0.850. The van der Waals surface area contributed by atoms with Crippen molar-refractivity contribution in [2.45, 2.75) is 19.1 Å². The molecule has 3 aromatic rings. The number of ether oxygens (including phenoxy) is 1. The predicted molar refractivity (Wildman–Crippen MR) is 124 cm³/mol. The van der Waals surface area contributed by atoms with E-state index in [4.69, 9.17) is 20.8 Å². The van der Waals surface area contributed by atoms with Gasteiger partial charge in [0, 0.05) is 11.1 Å². The van der Waals surface area contributed by atoms with Gasteiger partial charge in [-0.2, -0.15) is 13.2 Å². The Hall–Kier alpha value is -2.38. The van der Waals surface area contributed by atoms with E-state index >= 15 is 0 Å². The van der Waals surface area contributed by atoms with Gasteiger partial charge in [0.15, 0.2) is 14.3 Å². The van der Waals surface area contributed by atoms with E-state index in [-0.39, 0.29) is 21.5 Å². The molecule has 0 saturated heterocycles. The second kappa shape index (κ2) is 9.11. The lowest BCUT2D eigenvalue weighted by Gasteiger charge is -2.26. The van der Waals surface area contributed by atoms with Crippen LogP contribution in [0.25, 0.3) is 6.08 Å². The van der Waals surface area contributed by atoms with Gasteiger partial charge in [-0.25, -0.2) is 9.79 Å². The highest BCUT2D eigenvalue weighted by Gasteiger charge is 2.45. The Labute approximate surface area is 206 Å². The maximum absolute atomic E-state index is 14.0. The van der Waals surface area contributed by atoms with E-state index in [1.165, 1.54) is 37.3 Å². The van der Waals surface area contributed by atoms with E-state index in [1.54, 1.807) is 12.1 Å². The van der Waals surface area contributed by atoms with E-state index in [1.807, 2.05) is 22.6 Å². The van der Waals surface area contributed by atoms with Crippen LogP contribution < -0.4 is 14.9 Å². The zero-order valence-corrected chi connectivity index (χ0v) is 20.4. The summed E-state index contributed by atoms with van der Waals surface area (Å²) < 4.78 is 54.1. The van der Waals surface area contributed by atoms with Crippen LogP contribution in [0, 0.1) is 3.77 Å². The molecule has 0 bridgehead atoms. The summed E-state index contributed by atoms with van der Waals surface area (Å²) in [4.78, 5) is 29.5. The summed E-state index contributed by atoms with van der Waals surface area (Å²) in [6.45, 7) is 1.32. The molecule has 172 valence electrons. The molecule has 0 amide bonds. The molecule has 4 rings (SSSR count). The number of hydrogen-bond acceptors (Lipinski definition) is 6. The number of esters is 1. The normalized spacial score (nSPS) is 16.5. The number of hydrogen-bond donors (Lipinski definition) is 0. The second-order valence-corrected chi connectivity index (χ2v) is 9.27. The van der Waals surface area contributed by atoms with Crippen LogP contribution in [0.2, 0.25) is 5.02 Å². The van der Waals surface area contributed by atoms with Crippen molar-refractivity contribution >= 4 is 57.6 Å². The number of carbonyl (C=O) groups excluding carboxylic acids is 1. The van der Waals surface area contributed by atoms with E-state index in [0.717, 1.165) is 15.9 Å². The quantitative estimate of drug-likeness (QED) is 0.329. The van der Waals surface area contributed by atoms with Crippen LogP contribution in [-0.2, 0) is 9.53 Å². The number of benzene rings is 1. The molecular formula is C21H13ClF3IN2O4S. The molecule has 1 aliphatic rings. The predicted octanol–water partition coefficient (Wildman–Crippen LogP) is 4.19.